The molecule has 0 spiro atoms. The van der Waals surface area contributed by atoms with E-state index in [4.69, 9.17) is 16.3 Å². The van der Waals surface area contributed by atoms with Crippen LogP contribution in [-0.2, 0) is 4.74 Å². The third-order valence-corrected chi connectivity index (χ3v) is 3.25. The number of aromatic nitrogens is 1. The summed E-state index contributed by atoms with van der Waals surface area (Å²) in [7, 11) is 0. The second-order valence-corrected chi connectivity index (χ2v) is 4.82. The number of hydrogen-bond acceptors (Lipinski definition) is 3. The molecule has 1 aromatic heterocycles. The Hall–Kier alpha value is -0.800. The van der Waals surface area contributed by atoms with Gasteiger partial charge in [-0.25, -0.2) is 4.98 Å². The molecule has 0 aromatic carbocycles. The molecular weight excluding hydrogens is 236 g/mol. The Morgan fingerprint density at radius 3 is 2.88 bits per heavy atom. The highest BCUT2D eigenvalue weighted by atomic mass is 35.5. The monoisotopic (exact) mass is 254 g/mol. The molecular formula is C13H19ClN2O. The van der Waals surface area contributed by atoms with Crippen LogP contribution in [0.2, 0.25) is 0 Å². The van der Waals surface area contributed by atoms with Crippen molar-refractivity contribution in [1.82, 2.24) is 4.98 Å². The van der Waals surface area contributed by atoms with Gasteiger partial charge in [0.2, 0.25) is 0 Å². The Labute approximate surface area is 108 Å². The van der Waals surface area contributed by atoms with E-state index in [9.17, 15) is 0 Å². The van der Waals surface area contributed by atoms with Crippen LogP contribution in [0.15, 0.2) is 18.3 Å². The summed E-state index contributed by atoms with van der Waals surface area (Å²) in [6.45, 7) is 4.79. The average Bonchev–Trinajstić information content (AvgIpc) is 2.37. The Morgan fingerprint density at radius 2 is 2.24 bits per heavy atom. The molecule has 94 valence electrons. The molecule has 17 heavy (non-hydrogen) atoms. The van der Waals surface area contributed by atoms with E-state index in [0.29, 0.717) is 18.6 Å². The zero-order valence-electron chi connectivity index (χ0n) is 10.2. The van der Waals surface area contributed by atoms with Crippen molar-refractivity contribution in [3.8, 4) is 0 Å². The predicted octanol–water partition coefficient (Wildman–Crippen LogP) is 2.61. The Morgan fingerprint density at radius 1 is 1.47 bits per heavy atom. The van der Waals surface area contributed by atoms with Crippen LogP contribution < -0.4 is 4.90 Å². The molecule has 4 heteroatoms. The first-order valence-corrected chi connectivity index (χ1v) is 6.68. The van der Waals surface area contributed by atoms with E-state index in [1.165, 1.54) is 5.56 Å². The zero-order valence-corrected chi connectivity index (χ0v) is 11.0. The summed E-state index contributed by atoms with van der Waals surface area (Å²) in [6, 6.07) is 4.17. The highest BCUT2D eigenvalue weighted by Gasteiger charge is 2.20. The molecule has 3 nitrogen and oxygen atoms in total. The van der Waals surface area contributed by atoms with Gasteiger partial charge in [0, 0.05) is 25.2 Å². The third-order valence-electron chi connectivity index (χ3n) is 3.10. The van der Waals surface area contributed by atoms with Crippen LogP contribution in [0.4, 0.5) is 5.82 Å². The van der Waals surface area contributed by atoms with Crippen LogP contribution in [-0.4, -0.2) is 36.7 Å². The third kappa shape index (κ3) is 3.58. The van der Waals surface area contributed by atoms with Gasteiger partial charge in [-0.1, -0.05) is 0 Å². The number of alkyl halides is 1. The van der Waals surface area contributed by atoms with E-state index >= 15 is 0 Å². The normalized spacial score (nSPS) is 17.4. The number of halogens is 1. The predicted molar refractivity (Wildman–Crippen MR) is 70.9 cm³/mol. The van der Waals surface area contributed by atoms with Gasteiger partial charge in [-0.15, -0.1) is 11.6 Å². The highest BCUT2D eigenvalue weighted by molar-refractivity contribution is 6.17. The van der Waals surface area contributed by atoms with Crippen molar-refractivity contribution in [3.63, 3.8) is 0 Å². The topological polar surface area (TPSA) is 25.4 Å². The molecule has 0 radical (unpaired) electrons. The number of piperidine rings is 1. The first-order valence-electron chi connectivity index (χ1n) is 6.15. The summed E-state index contributed by atoms with van der Waals surface area (Å²) in [5, 5.41) is 0. The van der Waals surface area contributed by atoms with Gasteiger partial charge < -0.3 is 9.64 Å². The summed E-state index contributed by atoms with van der Waals surface area (Å²) in [4.78, 5) is 6.74. The fourth-order valence-electron chi connectivity index (χ4n) is 2.16. The minimum Gasteiger partial charge on any atom is -0.377 e. The molecule has 1 aliphatic rings. The lowest BCUT2D eigenvalue weighted by Gasteiger charge is -2.32. The second-order valence-electron chi connectivity index (χ2n) is 4.44. The number of anilines is 1. The first-order chi connectivity index (χ1) is 8.29. The SMILES string of the molecule is Cc1ccnc(N2CCC(OCCCl)CC2)c1. The molecule has 1 fully saturated rings. The lowest BCUT2D eigenvalue weighted by atomic mass is 10.1. The number of rotatable bonds is 4. The van der Waals surface area contributed by atoms with Crippen LogP contribution >= 0.6 is 11.6 Å². The van der Waals surface area contributed by atoms with Crippen molar-refractivity contribution in [2.24, 2.45) is 0 Å². The fraction of sp³-hybridized carbons (Fsp3) is 0.615. The van der Waals surface area contributed by atoms with Gasteiger partial charge in [0.05, 0.1) is 12.7 Å². The molecule has 0 saturated carbocycles. The molecule has 0 atom stereocenters. The van der Waals surface area contributed by atoms with E-state index in [1.54, 1.807) is 0 Å². The quantitative estimate of drug-likeness (QED) is 0.773. The second kappa shape index (κ2) is 6.22. The molecule has 0 amide bonds. The summed E-state index contributed by atoms with van der Waals surface area (Å²) in [5.41, 5.74) is 1.26. The van der Waals surface area contributed by atoms with Gasteiger partial charge in [-0.2, -0.15) is 0 Å². The van der Waals surface area contributed by atoms with Crippen LogP contribution in [0.5, 0.6) is 0 Å². The van der Waals surface area contributed by atoms with Crippen LogP contribution in [0, 0.1) is 6.92 Å². The van der Waals surface area contributed by atoms with Crippen LogP contribution in [0.25, 0.3) is 0 Å². The van der Waals surface area contributed by atoms with Gasteiger partial charge in [0.1, 0.15) is 5.82 Å². The smallest absolute Gasteiger partial charge is 0.128 e. The maximum atomic E-state index is 5.66. The molecule has 1 aliphatic heterocycles. The van der Waals surface area contributed by atoms with Gasteiger partial charge in [0.15, 0.2) is 0 Å². The van der Waals surface area contributed by atoms with Crippen molar-refractivity contribution in [2.45, 2.75) is 25.9 Å². The van der Waals surface area contributed by atoms with Crippen molar-refractivity contribution < 1.29 is 4.74 Å². The molecule has 1 aromatic rings. The maximum Gasteiger partial charge on any atom is 0.128 e. The Balaban J connectivity index is 1.86. The van der Waals surface area contributed by atoms with Crippen LogP contribution in [0.1, 0.15) is 18.4 Å². The van der Waals surface area contributed by atoms with E-state index in [2.05, 4.69) is 22.9 Å². The zero-order chi connectivity index (χ0) is 12.1. The number of ether oxygens (including phenoxy) is 1. The lowest BCUT2D eigenvalue weighted by molar-refractivity contribution is 0.0471. The van der Waals surface area contributed by atoms with E-state index in [0.717, 1.165) is 31.7 Å². The molecule has 1 saturated heterocycles. The van der Waals surface area contributed by atoms with Crippen molar-refractivity contribution >= 4 is 17.4 Å². The molecule has 0 N–H and O–H groups in total. The number of hydrogen-bond donors (Lipinski definition) is 0. The highest BCUT2D eigenvalue weighted by Crippen LogP contribution is 2.20. The van der Waals surface area contributed by atoms with Crippen molar-refractivity contribution in [2.75, 3.05) is 30.5 Å². The number of aryl methyl sites for hydroxylation is 1. The standard InChI is InChI=1S/C13H19ClN2O/c1-11-2-6-15-13(10-11)16-7-3-12(4-8-16)17-9-5-14/h2,6,10,12H,3-5,7-9H2,1H3. The Bertz CT molecular complexity index is 351. The number of pyridine rings is 1. The summed E-state index contributed by atoms with van der Waals surface area (Å²) >= 11 is 5.62. The van der Waals surface area contributed by atoms with Gasteiger partial charge in [-0.05, 0) is 37.5 Å². The first kappa shape index (κ1) is 12.7. The van der Waals surface area contributed by atoms with Gasteiger partial charge >= 0.3 is 0 Å². The minimum atomic E-state index is 0.370. The minimum absolute atomic E-state index is 0.370. The molecule has 0 bridgehead atoms. The number of nitrogens with zero attached hydrogens (tertiary/aromatic N) is 2. The van der Waals surface area contributed by atoms with Crippen LogP contribution in [0.3, 0.4) is 0 Å². The molecule has 0 unspecified atom stereocenters. The molecule has 2 rings (SSSR count). The van der Waals surface area contributed by atoms with E-state index < -0.39 is 0 Å². The largest absolute Gasteiger partial charge is 0.377 e. The Kier molecular flexibility index (Phi) is 4.63. The van der Waals surface area contributed by atoms with Crippen molar-refractivity contribution in [1.29, 1.82) is 0 Å². The summed E-state index contributed by atoms with van der Waals surface area (Å²) in [5.74, 6) is 1.67. The van der Waals surface area contributed by atoms with E-state index in [-0.39, 0.29) is 0 Å². The maximum absolute atomic E-state index is 5.66. The van der Waals surface area contributed by atoms with Gasteiger partial charge in [0.25, 0.3) is 0 Å². The summed E-state index contributed by atoms with van der Waals surface area (Å²) < 4.78 is 5.66. The van der Waals surface area contributed by atoms with Gasteiger partial charge in [-0.3, -0.25) is 0 Å². The van der Waals surface area contributed by atoms with E-state index in [1.807, 2.05) is 12.3 Å². The van der Waals surface area contributed by atoms with Crippen molar-refractivity contribution in [3.05, 3.63) is 23.9 Å². The fourth-order valence-corrected chi connectivity index (χ4v) is 2.25. The lowest BCUT2D eigenvalue weighted by Crippen LogP contribution is -2.37. The summed E-state index contributed by atoms with van der Waals surface area (Å²) in [6.07, 6.45) is 4.37. The molecule has 2 heterocycles. The molecule has 0 aliphatic carbocycles. The average molecular weight is 255 g/mol.